The number of nitrogens with zero attached hydrogens (tertiary/aromatic N) is 8. The highest BCUT2D eigenvalue weighted by molar-refractivity contribution is 5.94. The molecule has 0 bridgehead atoms. The molecular weight excluding hydrogens is 420 g/mol. The van der Waals surface area contributed by atoms with Crippen molar-refractivity contribution in [2.45, 2.75) is 6.54 Å². The van der Waals surface area contributed by atoms with Gasteiger partial charge in [0.1, 0.15) is 0 Å². The maximum absolute atomic E-state index is 12.8. The lowest BCUT2D eigenvalue weighted by atomic mass is 10.2. The van der Waals surface area contributed by atoms with E-state index in [0.717, 1.165) is 26.2 Å². The summed E-state index contributed by atoms with van der Waals surface area (Å²) in [6.07, 6.45) is 1.32. The molecule has 0 unspecified atom stereocenters. The van der Waals surface area contributed by atoms with Crippen molar-refractivity contribution in [2.75, 3.05) is 39.0 Å². The Labute approximate surface area is 181 Å². The molecule has 1 aliphatic rings. The topological polar surface area (TPSA) is 184 Å². The first-order valence-electron chi connectivity index (χ1n) is 9.71. The molecule has 14 nitrogen and oxygen atoms in total. The predicted octanol–water partition coefficient (Wildman–Crippen LogP) is -0.845. The fourth-order valence-electron chi connectivity index (χ4n) is 3.18. The highest BCUT2D eigenvalue weighted by atomic mass is 16.6. The number of nitrogens with one attached hydrogen (secondary N) is 1. The molecule has 14 heteroatoms. The molecule has 168 valence electrons. The van der Waals surface area contributed by atoms with Gasteiger partial charge in [-0.05, 0) is 41.1 Å². The first-order chi connectivity index (χ1) is 15.4. The number of hydrazone groups is 1. The molecule has 5 N–H and O–H groups in total. The molecule has 1 saturated heterocycles. The molecule has 32 heavy (non-hydrogen) atoms. The van der Waals surface area contributed by atoms with Crippen molar-refractivity contribution in [3.05, 3.63) is 35.2 Å². The summed E-state index contributed by atoms with van der Waals surface area (Å²) >= 11 is 0. The van der Waals surface area contributed by atoms with Crippen molar-refractivity contribution in [1.29, 1.82) is 0 Å². The van der Waals surface area contributed by atoms with Crippen LogP contribution in [-0.4, -0.2) is 90.7 Å². The van der Waals surface area contributed by atoms with E-state index in [9.17, 15) is 15.0 Å². The van der Waals surface area contributed by atoms with Crippen LogP contribution in [-0.2, 0) is 6.54 Å². The fraction of sp³-hybridized carbons (Fsp3) is 0.333. The summed E-state index contributed by atoms with van der Waals surface area (Å²) in [6, 6.07) is 4.15. The minimum Gasteiger partial charge on any atom is -0.504 e. The van der Waals surface area contributed by atoms with Crippen LogP contribution in [0.1, 0.15) is 21.7 Å². The zero-order valence-corrected chi connectivity index (χ0v) is 17.2. The number of aromatic nitrogens is 5. The number of nitrogen functional groups attached to an aromatic ring is 1. The van der Waals surface area contributed by atoms with Crippen LogP contribution in [0.2, 0.25) is 0 Å². The molecule has 2 aromatic heterocycles. The van der Waals surface area contributed by atoms with E-state index in [1.165, 1.54) is 29.1 Å². The molecule has 1 amide bonds. The molecule has 1 aliphatic heterocycles. The Kier molecular flexibility index (Phi) is 5.96. The van der Waals surface area contributed by atoms with Crippen LogP contribution in [0.25, 0.3) is 5.82 Å². The van der Waals surface area contributed by atoms with Crippen LogP contribution in [0.4, 0.5) is 5.82 Å². The number of benzene rings is 1. The number of nitrogens with two attached hydrogens (primary N) is 1. The first-order valence-corrected chi connectivity index (χ1v) is 9.71. The van der Waals surface area contributed by atoms with Crippen LogP contribution in [0.3, 0.4) is 0 Å². The number of piperazine rings is 1. The Hall–Kier alpha value is -4.04. The second kappa shape index (κ2) is 8.99. The molecule has 3 aromatic rings. The fourth-order valence-corrected chi connectivity index (χ4v) is 3.18. The van der Waals surface area contributed by atoms with Crippen molar-refractivity contribution < 1.29 is 19.6 Å². The van der Waals surface area contributed by atoms with Crippen molar-refractivity contribution in [2.24, 2.45) is 5.10 Å². The Bertz CT molecular complexity index is 1130. The molecule has 1 fully saturated rings. The van der Waals surface area contributed by atoms with Gasteiger partial charge in [0.2, 0.25) is 11.6 Å². The third-order valence-corrected chi connectivity index (χ3v) is 5.02. The number of anilines is 1. The summed E-state index contributed by atoms with van der Waals surface area (Å²) in [4.78, 5) is 17.2. The first kappa shape index (κ1) is 21.2. The van der Waals surface area contributed by atoms with E-state index in [4.69, 9.17) is 5.73 Å². The molecular formula is C18H22N10O4. The van der Waals surface area contributed by atoms with Gasteiger partial charge in [-0.1, -0.05) is 5.21 Å². The zero-order chi connectivity index (χ0) is 22.7. The summed E-state index contributed by atoms with van der Waals surface area (Å²) in [7, 11) is 2.05. The van der Waals surface area contributed by atoms with E-state index in [-0.39, 0.29) is 28.8 Å². The quantitative estimate of drug-likeness (QED) is 0.212. The summed E-state index contributed by atoms with van der Waals surface area (Å²) < 4.78 is 6.00. The number of hydrogen-bond acceptors (Lipinski definition) is 12. The number of rotatable bonds is 6. The van der Waals surface area contributed by atoms with Crippen molar-refractivity contribution in [3.8, 4) is 17.3 Å². The number of carbonyl (C=O) groups is 1. The van der Waals surface area contributed by atoms with E-state index < -0.39 is 5.91 Å². The number of phenolic OH excluding ortho intramolecular Hbond substituents is 2. The highest BCUT2D eigenvalue weighted by Crippen LogP contribution is 2.24. The Balaban J connectivity index is 1.56. The number of likely N-dealkylation sites (N-methyl/N-ethyl adjacent to an activating group) is 1. The van der Waals surface area contributed by atoms with Crippen LogP contribution in [0.5, 0.6) is 11.5 Å². The lowest BCUT2D eigenvalue weighted by molar-refractivity contribution is 0.0946. The van der Waals surface area contributed by atoms with Crippen LogP contribution in [0, 0.1) is 0 Å². The summed E-state index contributed by atoms with van der Waals surface area (Å²) in [5, 5.41) is 38.2. The number of phenols is 2. The SMILES string of the molecule is CN1CCN(Cc2c(C(=O)NN=Cc3ccc(O)c(O)c3)nnn2-c2nonc2N)CC1. The normalized spacial score (nSPS) is 15.4. The van der Waals surface area contributed by atoms with Gasteiger partial charge in [0, 0.05) is 32.7 Å². The largest absolute Gasteiger partial charge is 0.504 e. The van der Waals surface area contributed by atoms with Gasteiger partial charge >= 0.3 is 0 Å². The molecule has 0 aliphatic carbocycles. The van der Waals surface area contributed by atoms with Gasteiger partial charge in [0.05, 0.1) is 11.9 Å². The average molecular weight is 442 g/mol. The van der Waals surface area contributed by atoms with Crippen molar-refractivity contribution in [1.82, 2.24) is 40.5 Å². The minimum atomic E-state index is -0.588. The summed E-state index contributed by atoms with van der Waals surface area (Å²) in [6.45, 7) is 3.77. The van der Waals surface area contributed by atoms with Gasteiger partial charge in [0.15, 0.2) is 17.2 Å². The van der Waals surface area contributed by atoms with Gasteiger partial charge < -0.3 is 20.8 Å². The molecule has 0 spiro atoms. The van der Waals surface area contributed by atoms with Gasteiger partial charge in [-0.2, -0.15) is 9.78 Å². The second-order valence-electron chi connectivity index (χ2n) is 7.30. The number of carbonyl (C=O) groups excluding carboxylic acids is 1. The number of hydrogen-bond donors (Lipinski definition) is 4. The minimum absolute atomic E-state index is 0.0200. The average Bonchev–Trinajstić information content (AvgIpc) is 3.38. The van der Waals surface area contributed by atoms with Gasteiger partial charge in [-0.3, -0.25) is 9.69 Å². The van der Waals surface area contributed by atoms with Crippen LogP contribution < -0.4 is 11.2 Å². The second-order valence-corrected chi connectivity index (χ2v) is 7.30. The van der Waals surface area contributed by atoms with Gasteiger partial charge in [0.25, 0.3) is 5.91 Å². The van der Waals surface area contributed by atoms with Crippen molar-refractivity contribution in [3.63, 3.8) is 0 Å². The number of aromatic hydroxyl groups is 2. The molecule has 0 atom stereocenters. The molecule has 4 rings (SSSR count). The lowest BCUT2D eigenvalue weighted by Gasteiger charge is -2.32. The maximum Gasteiger partial charge on any atom is 0.293 e. The third kappa shape index (κ3) is 4.50. The van der Waals surface area contributed by atoms with E-state index in [1.54, 1.807) is 0 Å². The van der Waals surface area contributed by atoms with E-state index in [0.29, 0.717) is 17.8 Å². The Morgan fingerprint density at radius 1 is 1.25 bits per heavy atom. The predicted molar refractivity (Wildman–Crippen MR) is 111 cm³/mol. The molecule has 0 saturated carbocycles. The van der Waals surface area contributed by atoms with E-state index in [1.807, 2.05) is 0 Å². The maximum atomic E-state index is 12.8. The summed E-state index contributed by atoms with van der Waals surface area (Å²) in [5.41, 5.74) is 9.19. The standard InChI is InChI=1S/C18H22N10O4/c1-26-4-6-27(7-5-26)10-12-15(21-25-28(12)17-16(19)23-32-24-17)18(31)22-20-9-11-2-3-13(29)14(30)8-11/h2-3,8-9,29-30H,4-7,10H2,1H3,(H2,19,23)(H,22,31). The van der Waals surface area contributed by atoms with Gasteiger partial charge in [-0.15, -0.1) is 5.10 Å². The molecule has 0 radical (unpaired) electrons. The van der Waals surface area contributed by atoms with Crippen molar-refractivity contribution >= 4 is 17.9 Å². The Morgan fingerprint density at radius 3 is 2.72 bits per heavy atom. The van der Waals surface area contributed by atoms with Crippen LogP contribution >= 0.6 is 0 Å². The number of amides is 1. The van der Waals surface area contributed by atoms with E-state index >= 15 is 0 Å². The zero-order valence-electron chi connectivity index (χ0n) is 17.2. The molecule has 3 heterocycles. The van der Waals surface area contributed by atoms with E-state index in [2.05, 4.69) is 52.6 Å². The Morgan fingerprint density at radius 2 is 2.03 bits per heavy atom. The van der Waals surface area contributed by atoms with Gasteiger partial charge in [-0.25, -0.2) is 10.1 Å². The van der Waals surface area contributed by atoms with Crippen LogP contribution in [0.15, 0.2) is 27.9 Å². The highest BCUT2D eigenvalue weighted by Gasteiger charge is 2.26. The molecule has 1 aromatic carbocycles. The monoisotopic (exact) mass is 442 g/mol. The lowest BCUT2D eigenvalue weighted by Crippen LogP contribution is -2.44. The third-order valence-electron chi connectivity index (χ3n) is 5.02. The smallest absolute Gasteiger partial charge is 0.293 e. The summed E-state index contributed by atoms with van der Waals surface area (Å²) in [5.74, 6) is -0.973.